The largest absolute Gasteiger partial charge is 0.490 e. The highest BCUT2D eigenvalue weighted by Gasteiger charge is 2.34. The lowest BCUT2D eigenvalue weighted by Gasteiger charge is -2.13. The van der Waals surface area contributed by atoms with Crippen molar-refractivity contribution in [2.24, 2.45) is 0 Å². The van der Waals surface area contributed by atoms with E-state index in [4.69, 9.17) is 9.47 Å². The molecule has 0 amide bonds. The number of benzene rings is 1. The van der Waals surface area contributed by atoms with Gasteiger partial charge in [-0.25, -0.2) is 8.42 Å². The highest BCUT2D eigenvalue weighted by molar-refractivity contribution is 7.92. The van der Waals surface area contributed by atoms with Gasteiger partial charge in [0.25, 0.3) is 0 Å². The van der Waals surface area contributed by atoms with Gasteiger partial charge in [-0.2, -0.15) is 0 Å². The van der Waals surface area contributed by atoms with Crippen LogP contribution in [0.3, 0.4) is 0 Å². The van der Waals surface area contributed by atoms with E-state index in [0.29, 0.717) is 37.6 Å². The van der Waals surface area contributed by atoms with E-state index < -0.39 is 15.1 Å². The normalized spacial score (nSPS) is 22.6. The van der Waals surface area contributed by atoms with Crippen LogP contribution in [0.15, 0.2) is 23.1 Å². The number of carbonyl (C=O) groups excluding carboxylic acids is 1. The Morgan fingerprint density at radius 1 is 1.10 bits per heavy atom. The van der Waals surface area contributed by atoms with E-state index in [1.165, 1.54) is 12.1 Å². The molecule has 2 aliphatic rings. The standard InChI is InChI=1S/C14H16O5S/c15-10-2-3-11(8-10)20(16,17)12-4-5-13-14(9-12)19-7-1-6-18-13/h4-5,9,11H,1-3,6-8H2. The molecule has 1 saturated carbocycles. The summed E-state index contributed by atoms with van der Waals surface area (Å²) >= 11 is 0. The molecular formula is C14H16O5S. The zero-order valence-corrected chi connectivity index (χ0v) is 11.8. The van der Waals surface area contributed by atoms with E-state index in [2.05, 4.69) is 0 Å². The van der Waals surface area contributed by atoms with E-state index in [1.807, 2.05) is 0 Å². The Hall–Kier alpha value is -1.56. The second-order valence-corrected chi connectivity index (χ2v) is 7.34. The van der Waals surface area contributed by atoms with Crippen molar-refractivity contribution >= 4 is 15.6 Å². The van der Waals surface area contributed by atoms with Crippen LogP contribution in [0, 0.1) is 0 Å². The van der Waals surface area contributed by atoms with Crippen LogP contribution in [0.4, 0.5) is 0 Å². The molecule has 5 nitrogen and oxygen atoms in total. The van der Waals surface area contributed by atoms with Gasteiger partial charge in [0, 0.05) is 25.3 Å². The van der Waals surface area contributed by atoms with Crippen molar-refractivity contribution in [3.05, 3.63) is 18.2 Å². The van der Waals surface area contributed by atoms with Crippen molar-refractivity contribution in [2.75, 3.05) is 13.2 Å². The van der Waals surface area contributed by atoms with Crippen LogP contribution in [0.2, 0.25) is 0 Å². The first kappa shape index (κ1) is 13.4. The maximum absolute atomic E-state index is 12.5. The van der Waals surface area contributed by atoms with Crippen LogP contribution >= 0.6 is 0 Å². The molecule has 108 valence electrons. The topological polar surface area (TPSA) is 69.7 Å². The third-order valence-electron chi connectivity index (χ3n) is 3.69. The Bertz CT molecular complexity index is 635. The minimum absolute atomic E-state index is 0.0212. The molecule has 0 saturated heterocycles. The third-order valence-corrected chi connectivity index (χ3v) is 5.88. The molecule has 1 unspecified atom stereocenters. The van der Waals surface area contributed by atoms with Crippen LogP contribution < -0.4 is 9.47 Å². The molecule has 0 N–H and O–H groups in total. The van der Waals surface area contributed by atoms with Gasteiger partial charge in [0.2, 0.25) is 0 Å². The minimum atomic E-state index is -3.47. The average Bonchev–Trinajstić information content (AvgIpc) is 2.74. The van der Waals surface area contributed by atoms with Gasteiger partial charge < -0.3 is 9.47 Å². The highest BCUT2D eigenvalue weighted by Crippen LogP contribution is 2.35. The van der Waals surface area contributed by atoms with Gasteiger partial charge in [-0.3, -0.25) is 4.79 Å². The van der Waals surface area contributed by atoms with Crippen molar-refractivity contribution in [2.45, 2.75) is 35.8 Å². The lowest BCUT2D eigenvalue weighted by Crippen LogP contribution is -2.18. The summed E-state index contributed by atoms with van der Waals surface area (Å²) in [5, 5.41) is -0.597. The molecule has 3 rings (SSSR count). The molecule has 1 aromatic rings. The van der Waals surface area contributed by atoms with E-state index in [0.717, 1.165) is 6.42 Å². The maximum atomic E-state index is 12.5. The molecule has 1 aliphatic carbocycles. The van der Waals surface area contributed by atoms with Gasteiger partial charge >= 0.3 is 0 Å². The summed E-state index contributed by atoms with van der Waals surface area (Å²) in [7, 11) is -3.47. The quantitative estimate of drug-likeness (QED) is 0.831. The number of Topliss-reactive ketones (excluding diaryl/α,β-unsaturated/α-hetero) is 1. The van der Waals surface area contributed by atoms with Crippen molar-refractivity contribution in [3.8, 4) is 11.5 Å². The van der Waals surface area contributed by atoms with Gasteiger partial charge in [-0.15, -0.1) is 0 Å². The molecular weight excluding hydrogens is 280 g/mol. The molecule has 1 aromatic carbocycles. The number of ether oxygens (including phenoxy) is 2. The Balaban J connectivity index is 1.94. The monoisotopic (exact) mass is 296 g/mol. The zero-order valence-electron chi connectivity index (χ0n) is 11.0. The van der Waals surface area contributed by atoms with Gasteiger partial charge in [0.15, 0.2) is 21.3 Å². The number of hydrogen-bond acceptors (Lipinski definition) is 5. The molecule has 0 bridgehead atoms. The van der Waals surface area contributed by atoms with Gasteiger partial charge in [-0.1, -0.05) is 0 Å². The van der Waals surface area contributed by atoms with E-state index in [9.17, 15) is 13.2 Å². The molecule has 6 heteroatoms. The van der Waals surface area contributed by atoms with E-state index in [-0.39, 0.29) is 17.1 Å². The number of ketones is 1. The first-order valence-electron chi connectivity index (χ1n) is 6.72. The van der Waals surface area contributed by atoms with Crippen molar-refractivity contribution in [1.82, 2.24) is 0 Å². The van der Waals surface area contributed by atoms with Crippen LogP contribution in [0.5, 0.6) is 11.5 Å². The number of sulfone groups is 1. The zero-order chi connectivity index (χ0) is 14.2. The summed E-state index contributed by atoms with van der Waals surface area (Å²) in [4.78, 5) is 11.5. The Morgan fingerprint density at radius 3 is 2.55 bits per heavy atom. The van der Waals surface area contributed by atoms with Gasteiger partial charge in [0.05, 0.1) is 23.4 Å². The minimum Gasteiger partial charge on any atom is -0.490 e. The molecule has 1 atom stereocenters. The van der Waals surface area contributed by atoms with Gasteiger partial charge in [-0.05, 0) is 18.6 Å². The second-order valence-electron chi connectivity index (χ2n) is 5.11. The lowest BCUT2D eigenvalue weighted by molar-refractivity contribution is -0.117. The van der Waals surface area contributed by atoms with E-state index >= 15 is 0 Å². The Kier molecular flexibility index (Phi) is 3.41. The van der Waals surface area contributed by atoms with E-state index in [1.54, 1.807) is 6.07 Å². The summed E-state index contributed by atoms with van der Waals surface area (Å²) in [5.41, 5.74) is 0. The van der Waals surface area contributed by atoms with Crippen molar-refractivity contribution in [1.29, 1.82) is 0 Å². The third kappa shape index (κ3) is 2.40. The summed E-state index contributed by atoms with van der Waals surface area (Å²) < 4.78 is 36.0. The summed E-state index contributed by atoms with van der Waals surface area (Å²) in [6.07, 6.45) is 1.66. The molecule has 0 spiro atoms. The van der Waals surface area contributed by atoms with Crippen LogP contribution in [-0.2, 0) is 14.6 Å². The molecule has 0 aromatic heterocycles. The highest BCUT2D eigenvalue weighted by atomic mass is 32.2. The summed E-state index contributed by atoms with van der Waals surface area (Å²) in [5.74, 6) is 1.06. The predicted molar refractivity (Wildman–Crippen MR) is 71.9 cm³/mol. The molecule has 1 aliphatic heterocycles. The smallest absolute Gasteiger partial charge is 0.181 e. The first-order chi connectivity index (χ1) is 9.57. The Morgan fingerprint density at radius 2 is 1.85 bits per heavy atom. The fraction of sp³-hybridized carbons (Fsp3) is 0.500. The first-order valence-corrected chi connectivity index (χ1v) is 8.27. The molecule has 1 heterocycles. The lowest BCUT2D eigenvalue weighted by atomic mass is 10.3. The Labute approximate surface area is 117 Å². The van der Waals surface area contributed by atoms with Crippen molar-refractivity contribution in [3.63, 3.8) is 0 Å². The van der Waals surface area contributed by atoms with Crippen LogP contribution in [0.1, 0.15) is 25.7 Å². The van der Waals surface area contributed by atoms with Crippen LogP contribution in [0.25, 0.3) is 0 Å². The summed E-state index contributed by atoms with van der Waals surface area (Å²) in [6.45, 7) is 1.08. The predicted octanol–water partition coefficient (Wildman–Crippen LogP) is 1.74. The summed E-state index contributed by atoms with van der Waals surface area (Å²) in [6, 6.07) is 4.68. The van der Waals surface area contributed by atoms with Crippen LogP contribution in [-0.4, -0.2) is 32.7 Å². The second kappa shape index (κ2) is 5.09. The van der Waals surface area contributed by atoms with Gasteiger partial charge in [0.1, 0.15) is 5.78 Å². The number of hydrogen-bond donors (Lipinski definition) is 0. The molecule has 0 radical (unpaired) electrons. The molecule has 20 heavy (non-hydrogen) atoms. The fourth-order valence-electron chi connectivity index (χ4n) is 2.56. The number of fused-ring (bicyclic) bond motifs is 1. The SMILES string of the molecule is O=C1CCC(S(=O)(=O)c2ccc3c(c2)OCCCO3)C1. The number of carbonyl (C=O) groups is 1. The number of rotatable bonds is 2. The van der Waals surface area contributed by atoms with Crippen molar-refractivity contribution < 1.29 is 22.7 Å². The average molecular weight is 296 g/mol. The molecule has 1 fully saturated rings. The maximum Gasteiger partial charge on any atom is 0.181 e. The fourth-order valence-corrected chi connectivity index (χ4v) is 4.31.